The van der Waals surface area contributed by atoms with Crippen LogP contribution in [0.4, 0.5) is 4.79 Å². The van der Waals surface area contributed by atoms with E-state index < -0.39 is 0 Å². The van der Waals surface area contributed by atoms with Crippen LogP contribution in [0, 0.1) is 0 Å². The lowest BCUT2D eigenvalue weighted by Gasteiger charge is -2.09. The zero-order valence-electron chi connectivity index (χ0n) is 5.22. The average Bonchev–Trinajstić information content (AvgIpc) is 1.88. The minimum atomic E-state index is 0.245. The highest BCUT2D eigenvalue weighted by molar-refractivity contribution is 8.40. The van der Waals surface area contributed by atoms with Crippen molar-refractivity contribution in [2.24, 2.45) is 0 Å². The van der Waals surface area contributed by atoms with Gasteiger partial charge < -0.3 is 0 Å². The summed E-state index contributed by atoms with van der Waals surface area (Å²) in [5.74, 6) is 0.964. The Labute approximate surface area is 63.3 Å². The van der Waals surface area contributed by atoms with Gasteiger partial charge in [0.2, 0.25) is 4.45 Å². The molecule has 0 N–H and O–H groups in total. The Morgan fingerprint density at radius 2 is 2.44 bits per heavy atom. The van der Waals surface area contributed by atoms with E-state index in [2.05, 4.69) is 0 Å². The van der Waals surface area contributed by atoms with Crippen molar-refractivity contribution in [3.63, 3.8) is 0 Å². The predicted octanol–water partition coefficient (Wildman–Crippen LogP) is 2.88. The molecule has 1 heterocycles. The van der Waals surface area contributed by atoms with Crippen LogP contribution in [0.1, 0.15) is 13.3 Å². The summed E-state index contributed by atoms with van der Waals surface area (Å²) in [4.78, 5) is 11.9. The molecule has 50 valence electrons. The Balaban J connectivity index is 2.51. The van der Waals surface area contributed by atoms with Crippen molar-refractivity contribution < 1.29 is 4.79 Å². The van der Waals surface area contributed by atoms with Crippen LogP contribution in [-0.2, 0) is 0 Å². The Kier molecular flexibility index (Phi) is 2.66. The van der Waals surface area contributed by atoms with Crippen LogP contribution in [0.5, 0.6) is 0 Å². The number of allylic oxidation sites excluding steroid dienone is 2. The van der Waals surface area contributed by atoms with Crippen LogP contribution in [0.15, 0.2) is 11.0 Å². The molecule has 1 saturated heterocycles. The third-order valence-corrected chi connectivity index (χ3v) is 3.22. The van der Waals surface area contributed by atoms with Gasteiger partial charge >= 0.3 is 0 Å². The summed E-state index contributed by atoms with van der Waals surface area (Å²) in [7, 11) is 0. The van der Waals surface area contributed by atoms with E-state index in [1.807, 2.05) is 13.0 Å². The first-order valence-electron chi connectivity index (χ1n) is 2.82. The Bertz CT molecular complexity index is 151. The molecule has 1 aliphatic heterocycles. The van der Waals surface area contributed by atoms with Crippen molar-refractivity contribution in [1.82, 2.24) is 0 Å². The molecule has 1 aliphatic rings. The number of thioether (sulfide) groups is 2. The maximum Gasteiger partial charge on any atom is 0.250 e. The summed E-state index contributed by atoms with van der Waals surface area (Å²) < 4.78 is 0.245. The van der Waals surface area contributed by atoms with Crippen LogP contribution < -0.4 is 0 Å². The fourth-order valence-corrected chi connectivity index (χ4v) is 2.59. The maximum atomic E-state index is 10.7. The molecule has 0 aromatic heterocycles. The molecule has 9 heavy (non-hydrogen) atoms. The normalized spacial score (nSPS) is 25.0. The second-order valence-electron chi connectivity index (χ2n) is 1.71. The van der Waals surface area contributed by atoms with Crippen LogP contribution in [0.2, 0.25) is 0 Å². The highest BCUT2D eigenvalue weighted by Crippen LogP contribution is 2.33. The zero-order valence-corrected chi connectivity index (χ0v) is 6.85. The quantitative estimate of drug-likeness (QED) is 0.542. The van der Waals surface area contributed by atoms with E-state index >= 15 is 0 Å². The summed E-state index contributed by atoms with van der Waals surface area (Å²) >= 11 is 2.79. The molecule has 0 unspecified atom stereocenters. The first kappa shape index (κ1) is 7.22. The second-order valence-corrected chi connectivity index (χ2v) is 4.13. The van der Waals surface area contributed by atoms with Crippen LogP contribution in [-0.4, -0.2) is 10.2 Å². The number of carbonyl (C=O) groups is 1. The van der Waals surface area contributed by atoms with E-state index in [0.717, 1.165) is 12.2 Å². The molecular weight excluding hydrogens is 152 g/mol. The number of hydrogen-bond acceptors (Lipinski definition) is 3. The Morgan fingerprint density at radius 1 is 1.67 bits per heavy atom. The molecule has 3 heteroatoms. The number of carbonyl (C=O) groups excluding carboxylic acids is 1. The van der Waals surface area contributed by atoms with Gasteiger partial charge in [0, 0.05) is 5.75 Å². The lowest BCUT2D eigenvalue weighted by molar-refractivity contribution is 0.276. The third-order valence-electron chi connectivity index (χ3n) is 1.10. The summed E-state index contributed by atoms with van der Waals surface area (Å²) in [5.41, 5.74) is 0. The first-order valence-corrected chi connectivity index (χ1v) is 4.63. The van der Waals surface area contributed by atoms with E-state index in [9.17, 15) is 4.79 Å². The van der Waals surface area contributed by atoms with Gasteiger partial charge in [0.15, 0.2) is 0 Å². The van der Waals surface area contributed by atoms with Gasteiger partial charge in [-0.05, 0) is 30.0 Å². The van der Waals surface area contributed by atoms with Gasteiger partial charge in [0.25, 0.3) is 0 Å². The van der Waals surface area contributed by atoms with Gasteiger partial charge in [-0.25, -0.2) is 0 Å². The van der Waals surface area contributed by atoms with E-state index in [4.69, 9.17) is 0 Å². The Morgan fingerprint density at radius 3 is 2.89 bits per heavy atom. The van der Waals surface area contributed by atoms with Gasteiger partial charge in [-0.1, -0.05) is 17.8 Å². The lowest BCUT2D eigenvalue weighted by Crippen LogP contribution is -1.95. The molecule has 1 fully saturated rings. The third kappa shape index (κ3) is 2.06. The van der Waals surface area contributed by atoms with Crippen LogP contribution in [0.3, 0.4) is 0 Å². The molecule has 0 atom stereocenters. The van der Waals surface area contributed by atoms with Gasteiger partial charge in [-0.2, -0.15) is 0 Å². The van der Waals surface area contributed by atoms with Gasteiger partial charge in [0.1, 0.15) is 0 Å². The monoisotopic (exact) mass is 160 g/mol. The van der Waals surface area contributed by atoms with Crippen molar-refractivity contribution in [3.8, 4) is 0 Å². The van der Waals surface area contributed by atoms with Crippen molar-refractivity contribution in [1.29, 1.82) is 0 Å². The maximum absolute atomic E-state index is 10.7. The molecule has 0 radical (unpaired) electrons. The second kappa shape index (κ2) is 3.32. The summed E-state index contributed by atoms with van der Waals surface area (Å²) in [6, 6.07) is 0. The molecule has 0 spiro atoms. The molecule has 0 amide bonds. The van der Waals surface area contributed by atoms with Gasteiger partial charge in [-0.3, -0.25) is 4.79 Å². The average molecular weight is 160 g/mol. The molecule has 0 aliphatic carbocycles. The Hall–Kier alpha value is 0.110. The summed E-state index contributed by atoms with van der Waals surface area (Å²) in [5, 5.41) is 0. The fourth-order valence-electron chi connectivity index (χ4n) is 0.626. The minimum Gasteiger partial charge on any atom is -0.274 e. The molecule has 1 rings (SSSR count). The minimum absolute atomic E-state index is 0.245. The smallest absolute Gasteiger partial charge is 0.250 e. The van der Waals surface area contributed by atoms with E-state index in [0.29, 0.717) is 0 Å². The number of hydrogen-bond donors (Lipinski definition) is 0. The standard InChI is InChI=1S/C6H8OS2/c1-2-5-3-4-8-6(7)9-5/h2H,3-4H2,1H3/b5-2-. The fraction of sp³-hybridized carbons (Fsp3) is 0.500. The van der Waals surface area contributed by atoms with Gasteiger partial charge in [0.05, 0.1) is 0 Å². The molecule has 0 bridgehead atoms. The van der Waals surface area contributed by atoms with Crippen LogP contribution in [0.25, 0.3) is 0 Å². The summed E-state index contributed by atoms with van der Waals surface area (Å²) in [6.07, 6.45) is 3.08. The first-order chi connectivity index (χ1) is 4.33. The van der Waals surface area contributed by atoms with Crippen LogP contribution >= 0.6 is 23.5 Å². The van der Waals surface area contributed by atoms with Gasteiger partial charge in [-0.15, -0.1) is 0 Å². The van der Waals surface area contributed by atoms with Crippen molar-refractivity contribution >= 4 is 28.0 Å². The molecule has 0 aromatic carbocycles. The lowest BCUT2D eigenvalue weighted by atomic mass is 10.4. The predicted molar refractivity (Wildman–Crippen MR) is 43.8 cm³/mol. The van der Waals surface area contributed by atoms with E-state index in [-0.39, 0.29) is 4.45 Å². The molecule has 0 aromatic rings. The highest BCUT2D eigenvalue weighted by atomic mass is 32.2. The summed E-state index contributed by atoms with van der Waals surface area (Å²) in [6.45, 7) is 1.98. The topological polar surface area (TPSA) is 17.1 Å². The van der Waals surface area contributed by atoms with Crippen molar-refractivity contribution in [2.75, 3.05) is 5.75 Å². The van der Waals surface area contributed by atoms with Crippen molar-refractivity contribution in [3.05, 3.63) is 11.0 Å². The van der Waals surface area contributed by atoms with E-state index in [1.54, 1.807) is 0 Å². The van der Waals surface area contributed by atoms with E-state index in [1.165, 1.54) is 28.4 Å². The number of rotatable bonds is 0. The highest BCUT2D eigenvalue weighted by Gasteiger charge is 2.12. The molecule has 0 saturated carbocycles. The largest absolute Gasteiger partial charge is 0.274 e. The molecule has 1 nitrogen and oxygen atoms in total. The zero-order chi connectivity index (χ0) is 6.69. The molecular formula is C6H8OS2. The SMILES string of the molecule is C/C=C1/CCSC(=O)S1. The van der Waals surface area contributed by atoms with Crippen molar-refractivity contribution in [2.45, 2.75) is 13.3 Å².